The quantitative estimate of drug-likeness (QED) is 0.124. The number of carboxylic acids is 2. The summed E-state index contributed by atoms with van der Waals surface area (Å²) in [6, 6.07) is 18.4. The van der Waals surface area contributed by atoms with E-state index in [0.29, 0.717) is 59.5 Å². The zero-order valence-corrected chi connectivity index (χ0v) is 23.7. The molecule has 218 valence electrons. The molecule has 7 nitrogen and oxygen atoms in total. The van der Waals surface area contributed by atoms with Gasteiger partial charge in [-0.3, -0.25) is 9.59 Å². The van der Waals surface area contributed by atoms with Crippen molar-refractivity contribution < 1.29 is 33.7 Å². The monoisotopic (exact) mass is 571 g/mol. The molecular weight excluding hydrogens is 537 g/mol. The third-order valence-corrected chi connectivity index (χ3v) is 6.87. The van der Waals surface area contributed by atoms with Gasteiger partial charge in [0.1, 0.15) is 37.1 Å². The minimum absolute atomic E-state index is 0.0509. The highest BCUT2D eigenvalue weighted by atomic mass is 19.1. The van der Waals surface area contributed by atoms with Crippen LogP contribution >= 0.6 is 0 Å². The maximum absolute atomic E-state index is 15.1. The molecule has 1 heterocycles. The lowest BCUT2D eigenvalue weighted by Gasteiger charge is -2.08. The van der Waals surface area contributed by atoms with Gasteiger partial charge in [-0.05, 0) is 97.5 Å². The summed E-state index contributed by atoms with van der Waals surface area (Å²) in [6.45, 7) is 4.28. The molecule has 4 rings (SSSR count). The molecule has 4 aromatic rings. The van der Waals surface area contributed by atoms with Crippen molar-refractivity contribution in [1.29, 1.82) is 0 Å². The van der Waals surface area contributed by atoms with E-state index in [4.69, 9.17) is 14.6 Å². The maximum Gasteiger partial charge on any atom is 0.323 e. The van der Waals surface area contributed by atoms with Crippen molar-refractivity contribution in [2.75, 3.05) is 13.2 Å². The van der Waals surface area contributed by atoms with Crippen LogP contribution in [0.4, 0.5) is 4.39 Å². The lowest BCUT2D eigenvalue weighted by Crippen LogP contribution is -2.10. The van der Waals surface area contributed by atoms with Crippen LogP contribution in [-0.4, -0.2) is 39.9 Å². The second-order valence-corrected chi connectivity index (χ2v) is 9.96. The Kier molecular flexibility index (Phi) is 10.2. The van der Waals surface area contributed by atoms with Crippen LogP contribution in [0.3, 0.4) is 0 Å². The number of nitrogens with zero attached hydrogens (tertiary/aromatic N) is 1. The van der Waals surface area contributed by atoms with Gasteiger partial charge < -0.3 is 24.3 Å². The number of ether oxygens (including phenoxy) is 2. The molecule has 0 unspecified atom stereocenters. The predicted molar refractivity (Wildman–Crippen MR) is 162 cm³/mol. The van der Waals surface area contributed by atoms with Crippen molar-refractivity contribution in [3.05, 3.63) is 107 Å². The van der Waals surface area contributed by atoms with Gasteiger partial charge in [0.2, 0.25) is 0 Å². The predicted octanol–water partition coefficient (Wildman–Crippen LogP) is 7.07. The number of rotatable bonds is 14. The molecule has 0 saturated heterocycles. The number of aromatic nitrogens is 1. The average Bonchev–Trinajstić information content (AvgIpc) is 3.22. The second-order valence-electron chi connectivity index (χ2n) is 9.96. The van der Waals surface area contributed by atoms with E-state index in [9.17, 15) is 14.7 Å². The van der Waals surface area contributed by atoms with E-state index in [2.05, 4.69) is 0 Å². The number of aryl methyl sites for hydroxylation is 2. The molecule has 2 N–H and O–H groups in total. The highest BCUT2D eigenvalue weighted by Crippen LogP contribution is 2.33. The van der Waals surface area contributed by atoms with Gasteiger partial charge in [-0.1, -0.05) is 36.4 Å². The molecule has 0 fully saturated rings. The van der Waals surface area contributed by atoms with E-state index >= 15 is 4.39 Å². The van der Waals surface area contributed by atoms with Gasteiger partial charge >= 0.3 is 11.9 Å². The van der Waals surface area contributed by atoms with Crippen molar-refractivity contribution in [3.8, 4) is 11.5 Å². The maximum atomic E-state index is 15.1. The fourth-order valence-electron chi connectivity index (χ4n) is 4.85. The lowest BCUT2D eigenvalue weighted by atomic mass is 10.0. The second kappa shape index (κ2) is 14.2. The third-order valence-electron chi connectivity index (χ3n) is 6.87. The summed E-state index contributed by atoms with van der Waals surface area (Å²) in [5.41, 5.74) is 4.43. The van der Waals surface area contributed by atoms with Gasteiger partial charge in [0.25, 0.3) is 0 Å². The summed E-state index contributed by atoms with van der Waals surface area (Å²) in [5, 5.41) is 18.9. The summed E-state index contributed by atoms with van der Waals surface area (Å²) in [4.78, 5) is 22.7. The number of fused-ring (bicyclic) bond motifs is 1. The van der Waals surface area contributed by atoms with Crippen LogP contribution < -0.4 is 9.47 Å². The third kappa shape index (κ3) is 7.87. The van der Waals surface area contributed by atoms with E-state index in [1.54, 1.807) is 17.6 Å². The molecule has 0 spiro atoms. The van der Waals surface area contributed by atoms with Gasteiger partial charge in [0, 0.05) is 17.5 Å². The molecule has 8 heteroatoms. The van der Waals surface area contributed by atoms with Crippen LogP contribution in [0.2, 0.25) is 0 Å². The number of hydrogen-bond acceptors (Lipinski definition) is 4. The molecule has 0 aliphatic heterocycles. The van der Waals surface area contributed by atoms with Crippen molar-refractivity contribution in [1.82, 2.24) is 4.57 Å². The van der Waals surface area contributed by atoms with E-state index < -0.39 is 17.8 Å². The number of halogens is 1. The molecule has 0 saturated carbocycles. The molecule has 42 heavy (non-hydrogen) atoms. The summed E-state index contributed by atoms with van der Waals surface area (Å²) >= 11 is 0. The molecule has 0 radical (unpaired) electrons. The van der Waals surface area contributed by atoms with E-state index in [1.165, 1.54) is 6.07 Å². The molecule has 1 aromatic heterocycles. The van der Waals surface area contributed by atoms with Crippen molar-refractivity contribution >= 4 is 35.0 Å². The molecule has 0 aliphatic rings. The van der Waals surface area contributed by atoms with Crippen LogP contribution in [0.25, 0.3) is 23.1 Å². The number of benzene rings is 3. The number of carboxylic acid groups (broad SMARTS) is 2. The molecule has 0 aliphatic carbocycles. The average molecular weight is 572 g/mol. The highest BCUT2D eigenvalue weighted by Gasteiger charge is 2.21. The standard InChI is InChI=1S/C34H34FNO6/c1-23-7-5-8-28(21-23)42-20-4-3-19-41-27-16-12-25(13-17-27)11-14-26-15-18-30(35)33-29(9-6-10-31(37)38)24(2)36(34(26)33)22-32(39)40/h3-5,7-8,11-18,21H,6,9-10,19-20,22H2,1-2H3,(H,37,38)(H,39,40)/b4-3+,14-11+. The van der Waals surface area contributed by atoms with Gasteiger partial charge in [-0.2, -0.15) is 0 Å². The Morgan fingerprint density at radius 2 is 1.60 bits per heavy atom. The van der Waals surface area contributed by atoms with Crippen LogP contribution in [-0.2, 0) is 22.6 Å². The Hall–Kier alpha value is -4.85. The van der Waals surface area contributed by atoms with E-state index in [0.717, 1.165) is 16.9 Å². The molecule has 0 atom stereocenters. The van der Waals surface area contributed by atoms with Crippen LogP contribution in [0.15, 0.2) is 72.8 Å². The molecule has 0 bridgehead atoms. The first-order valence-corrected chi connectivity index (χ1v) is 13.7. The first-order chi connectivity index (χ1) is 20.2. The normalized spacial score (nSPS) is 11.5. The van der Waals surface area contributed by atoms with Crippen LogP contribution in [0.5, 0.6) is 11.5 Å². The summed E-state index contributed by atoms with van der Waals surface area (Å²) < 4.78 is 28.1. The molecular formula is C34H34FNO6. The highest BCUT2D eigenvalue weighted by molar-refractivity contribution is 5.95. The summed E-state index contributed by atoms with van der Waals surface area (Å²) in [5.74, 6) is -0.903. The Balaban J connectivity index is 1.44. The minimum atomic E-state index is -1.05. The van der Waals surface area contributed by atoms with Gasteiger partial charge in [-0.15, -0.1) is 0 Å². The van der Waals surface area contributed by atoms with Crippen LogP contribution in [0.1, 0.15) is 40.8 Å². The number of hydrogen-bond donors (Lipinski definition) is 2. The Morgan fingerprint density at radius 1 is 0.881 bits per heavy atom. The fraction of sp³-hybridized carbons (Fsp3) is 0.235. The fourth-order valence-corrected chi connectivity index (χ4v) is 4.85. The topological polar surface area (TPSA) is 98.0 Å². The van der Waals surface area contributed by atoms with Crippen molar-refractivity contribution in [2.45, 2.75) is 39.7 Å². The minimum Gasteiger partial charge on any atom is -0.490 e. The summed E-state index contributed by atoms with van der Waals surface area (Å²) in [7, 11) is 0. The van der Waals surface area contributed by atoms with Gasteiger partial charge in [-0.25, -0.2) is 4.39 Å². The number of aliphatic carboxylic acids is 2. The van der Waals surface area contributed by atoms with Crippen molar-refractivity contribution in [3.63, 3.8) is 0 Å². The number of carbonyl (C=O) groups is 2. The Morgan fingerprint density at radius 3 is 2.26 bits per heavy atom. The van der Waals surface area contributed by atoms with E-state index in [1.807, 2.05) is 79.8 Å². The SMILES string of the molecule is Cc1cccc(OC/C=C/COc2ccc(/C=C/c3ccc(F)c4c(CCCC(=O)O)c(C)n(CC(=O)O)c34)cc2)c1. The Labute approximate surface area is 244 Å². The smallest absolute Gasteiger partial charge is 0.323 e. The zero-order valence-electron chi connectivity index (χ0n) is 23.7. The molecule has 3 aromatic carbocycles. The first-order valence-electron chi connectivity index (χ1n) is 13.7. The first kappa shape index (κ1) is 30.1. The zero-order chi connectivity index (χ0) is 30.1. The largest absolute Gasteiger partial charge is 0.490 e. The Bertz CT molecular complexity index is 1620. The molecule has 0 amide bonds. The van der Waals surface area contributed by atoms with E-state index in [-0.39, 0.29) is 13.0 Å². The van der Waals surface area contributed by atoms with Crippen LogP contribution in [0, 0.1) is 19.7 Å². The van der Waals surface area contributed by atoms with Crippen molar-refractivity contribution in [2.24, 2.45) is 0 Å². The van der Waals surface area contributed by atoms with Gasteiger partial charge in [0.15, 0.2) is 0 Å². The van der Waals surface area contributed by atoms with Gasteiger partial charge in [0.05, 0.1) is 5.52 Å². The summed E-state index contributed by atoms with van der Waals surface area (Å²) in [6.07, 6.45) is 8.11. The lowest BCUT2D eigenvalue weighted by molar-refractivity contribution is -0.138.